The lowest BCUT2D eigenvalue weighted by Crippen LogP contribution is -2.23. The number of benzene rings is 1. The summed E-state index contributed by atoms with van der Waals surface area (Å²) < 4.78 is 10.4. The van der Waals surface area contributed by atoms with Crippen molar-refractivity contribution in [3.8, 4) is 11.5 Å². The molecule has 5 nitrogen and oxygen atoms in total. The second kappa shape index (κ2) is 6.86. The van der Waals surface area contributed by atoms with Crippen LogP contribution in [0.25, 0.3) is 0 Å². The first-order valence-corrected chi connectivity index (χ1v) is 5.79. The molecule has 0 radical (unpaired) electrons. The highest BCUT2D eigenvalue weighted by atomic mass is 16.5. The Morgan fingerprint density at radius 1 is 1.33 bits per heavy atom. The topological polar surface area (TPSA) is 67.8 Å². The Morgan fingerprint density at radius 2 is 2.00 bits per heavy atom. The maximum Gasteiger partial charge on any atom is 0.305 e. The lowest BCUT2D eigenvalue weighted by molar-refractivity contribution is -0.137. The molecule has 0 aromatic heterocycles. The van der Waals surface area contributed by atoms with Crippen LogP contribution in [0.3, 0.4) is 0 Å². The van der Waals surface area contributed by atoms with Crippen molar-refractivity contribution in [2.45, 2.75) is 19.4 Å². The normalized spacial score (nSPS) is 11.9. The highest BCUT2D eigenvalue weighted by Crippen LogP contribution is 2.30. The highest BCUT2D eigenvalue weighted by molar-refractivity contribution is 5.68. The van der Waals surface area contributed by atoms with Crippen molar-refractivity contribution in [3.63, 3.8) is 0 Å². The number of carboxylic acid groups (broad SMARTS) is 1. The summed E-state index contributed by atoms with van der Waals surface area (Å²) in [7, 11) is 3.12. The molecule has 18 heavy (non-hydrogen) atoms. The lowest BCUT2D eigenvalue weighted by atomic mass is 10.0. The molecule has 0 spiro atoms. The summed E-state index contributed by atoms with van der Waals surface area (Å²) in [5, 5.41) is 12.0. The van der Waals surface area contributed by atoms with Gasteiger partial charge in [0, 0.05) is 6.04 Å². The minimum atomic E-state index is -0.837. The summed E-state index contributed by atoms with van der Waals surface area (Å²) in [5.74, 6) is 0.394. The van der Waals surface area contributed by atoms with Gasteiger partial charge in [-0.05, 0) is 24.2 Å². The molecule has 0 heterocycles. The van der Waals surface area contributed by atoms with E-state index in [4.69, 9.17) is 14.6 Å². The number of carbonyl (C=O) groups is 1. The Hall–Kier alpha value is -1.75. The van der Waals surface area contributed by atoms with E-state index in [-0.39, 0.29) is 12.5 Å². The van der Waals surface area contributed by atoms with E-state index in [0.29, 0.717) is 18.0 Å². The summed E-state index contributed by atoms with van der Waals surface area (Å²) in [4.78, 5) is 10.8. The van der Waals surface area contributed by atoms with E-state index in [9.17, 15) is 4.79 Å². The molecule has 1 unspecified atom stereocenters. The Morgan fingerprint density at radius 3 is 2.50 bits per heavy atom. The van der Waals surface area contributed by atoms with Gasteiger partial charge in [0.05, 0.1) is 20.6 Å². The quantitative estimate of drug-likeness (QED) is 0.776. The SMILES string of the molecule is CCNC(CC(=O)O)c1ccc(OC)c(OC)c1. The van der Waals surface area contributed by atoms with Crippen molar-refractivity contribution in [3.05, 3.63) is 23.8 Å². The van der Waals surface area contributed by atoms with E-state index in [1.165, 1.54) is 0 Å². The van der Waals surface area contributed by atoms with Crippen LogP contribution in [0.1, 0.15) is 24.9 Å². The monoisotopic (exact) mass is 253 g/mol. The lowest BCUT2D eigenvalue weighted by Gasteiger charge is -2.18. The van der Waals surface area contributed by atoms with Crippen molar-refractivity contribution in [2.24, 2.45) is 0 Å². The molecule has 1 aromatic rings. The molecule has 0 saturated carbocycles. The highest BCUT2D eigenvalue weighted by Gasteiger charge is 2.16. The molecule has 2 N–H and O–H groups in total. The first-order chi connectivity index (χ1) is 8.62. The van der Waals surface area contributed by atoms with Crippen LogP contribution < -0.4 is 14.8 Å². The minimum Gasteiger partial charge on any atom is -0.493 e. The van der Waals surface area contributed by atoms with Gasteiger partial charge in [-0.1, -0.05) is 13.0 Å². The molecule has 0 fully saturated rings. The van der Waals surface area contributed by atoms with Gasteiger partial charge in [0.2, 0.25) is 0 Å². The Kier molecular flexibility index (Phi) is 5.45. The van der Waals surface area contributed by atoms with E-state index in [0.717, 1.165) is 5.56 Å². The van der Waals surface area contributed by atoms with Gasteiger partial charge in [0.25, 0.3) is 0 Å². The van der Waals surface area contributed by atoms with Crippen LogP contribution in [0.4, 0.5) is 0 Å². The third kappa shape index (κ3) is 3.63. The Bertz CT molecular complexity index is 406. The first-order valence-electron chi connectivity index (χ1n) is 5.79. The standard InChI is InChI=1S/C13H19NO4/c1-4-14-10(8-13(15)16)9-5-6-11(17-2)12(7-9)18-3/h5-7,10,14H,4,8H2,1-3H3,(H,15,16). The molecule has 5 heteroatoms. The molecule has 0 aliphatic rings. The third-order valence-corrected chi connectivity index (χ3v) is 2.64. The van der Waals surface area contributed by atoms with Gasteiger partial charge in [-0.2, -0.15) is 0 Å². The Labute approximate surface area is 107 Å². The van der Waals surface area contributed by atoms with Gasteiger partial charge in [-0.15, -0.1) is 0 Å². The van der Waals surface area contributed by atoms with Crippen LogP contribution in [-0.4, -0.2) is 31.8 Å². The number of hydrogen-bond acceptors (Lipinski definition) is 4. The fourth-order valence-electron chi connectivity index (χ4n) is 1.80. The van der Waals surface area contributed by atoms with Crippen molar-refractivity contribution in [1.82, 2.24) is 5.32 Å². The van der Waals surface area contributed by atoms with Crippen LogP contribution in [0.15, 0.2) is 18.2 Å². The van der Waals surface area contributed by atoms with E-state index in [1.54, 1.807) is 26.4 Å². The molecule has 0 aliphatic carbocycles. The first kappa shape index (κ1) is 14.3. The zero-order chi connectivity index (χ0) is 13.5. The van der Waals surface area contributed by atoms with Gasteiger partial charge in [-0.3, -0.25) is 4.79 Å². The second-order valence-corrected chi connectivity index (χ2v) is 3.82. The number of nitrogens with one attached hydrogen (secondary N) is 1. The zero-order valence-electron chi connectivity index (χ0n) is 10.9. The number of aliphatic carboxylic acids is 1. The predicted molar refractivity (Wildman–Crippen MR) is 68.2 cm³/mol. The molecule has 0 amide bonds. The Balaban J connectivity index is 3.00. The molecule has 0 saturated heterocycles. The minimum absolute atomic E-state index is 0.0311. The maximum absolute atomic E-state index is 10.8. The summed E-state index contributed by atoms with van der Waals surface area (Å²) in [6.45, 7) is 2.64. The number of carboxylic acids is 1. The van der Waals surface area contributed by atoms with Crippen LogP contribution >= 0.6 is 0 Å². The largest absolute Gasteiger partial charge is 0.493 e. The summed E-state index contributed by atoms with van der Waals surface area (Å²) >= 11 is 0. The zero-order valence-corrected chi connectivity index (χ0v) is 10.9. The molecule has 100 valence electrons. The van der Waals surface area contributed by atoms with Crippen LogP contribution in [0, 0.1) is 0 Å². The molecular weight excluding hydrogens is 234 g/mol. The molecule has 1 atom stereocenters. The van der Waals surface area contributed by atoms with Crippen LogP contribution in [0.5, 0.6) is 11.5 Å². The average molecular weight is 253 g/mol. The van der Waals surface area contributed by atoms with Crippen LogP contribution in [-0.2, 0) is 4.79 Å². The van der Waals surface area contributed by atoms with Crippen molar-refractivity contribution in [1.29, 1.82) is 0 Å². The molecule has 0 bridgehead atoms. The second-order valence-electron chi connectivity index (χ2n) is 3.82. The number of hydrogen-bond donors (Lipinski definition) is 2. The van der Waals surface area contributed by atoms with Crippen molar-refractivity contribution < 1.29 is 19.4 Å². The maximum atomic E-state index is 10.8. The molecule has 1 rings (SSSR count). The van der Waals surface area contributed by atoms with Gasteiger partial charge in [0.1, 0.15) is 0 Å². The fourth-order valence-corrected chi connectivity index (χ4v) is 1.80. The van der Waals surface area contributed by atoms with E-state index < -0.39 is 5.97 Å². The van der Waals surface area contributed by atoms with Gasteiger partial charge in [0.15, 0.2) is 11.5 Å². The molecule has 0 aliphatic heterocycles. The van der Waals surface area contributed by atoms with Crippen molar-refractivity contribution >= 4 is 5.97 Å². The van der Waals surface area contributed by atoms with E-state index >= 15 is 0 Å². The van der Waals surface area contributed by atoms with Gasteiger partial charge < -0.3 is 19.9 Å². The van der Waals surface area contributed by atoms with Crippen molar-refractivity contribution in [2.75, 3.05) is 20.8 Å². The third-order valence-electron chi connectivity index (χ3n) is 2.64. The van der Waals surface area contributed by atoms with E-state index in [1.807, 2.05) is 13.0 Å². The molecular formula is C13H19NO4. The smallest absolute Gasteiger partial charge is 0.305 e. The van der Waals surface area contributed by atoms with Gasteiger partial charge >= 0.3 is 5.97 Å². The fraction of sp³-hybridized carbons (Fsp3) is 0.462. The summed E-state index contributed by atoms with van der Waals surface area (Å²) in [5.41, 5.74) is 0.872. The summed E-state index contributed by atoms with van der Waals surface area (Å²) in [6, 6.07) is 5.19. The number of rotatable bonds is 7. The summed E-state index contributed by atoms with van der Waals surface area (Å²) in [6.07, 6.45) is 0.0311. The molecule has 1 aromatic carbocycles. The van der Waals surface area contributed by atoms with Crippen LogP contribution in [0.2, 0.25) is 0 Å². The van der Waals surface area contributed by atoms with Gasteiger partial charge in [-0.25, -0.2) is 0 Å². The van der Waals surface area contributed by atoms with E-state index in [2.05, 4.69) is 5.32 Å². The predicted octanol–water partition coefficient (Wildman–Crippen LogP) is 1.83. The number of methoxy groups -OCH3 is 2. The number of ether oxygens (including phenoxy) is 2. The average Bonchev–Trinajstić information content (AvgIpc) is 2.37.